The normalized spacial score (nSPS) is 17.1. The van der Waals surface area contributed by atoms with Crippen LogP contribution in [0.1, 0.15) is 17.5 Å². The number of anilines is 2. The zero-order chi connectivity index (χ0) is 29.9. The summed E-state index contributed by atoms with van der Waals surface area (Å²) in [4.78, 5) is 12.6. The maximum absolute atomic E-state index is 15.1. The van der Waals surface area contributed by atoms with Crippen molar-refractivity contribution in [2.45, 2.75) is 31.3 Å². The highest BCUT2D eigenvalue weighted by molar-refractivity contribution is 7.91. The van der Waals surface area contributed by atoms with E-state index in [1.807, 2.05) is 0 Å². The molecule has 0 aliphatic carbocycles. The molecular weight excluding hydrogens is 576 g/mol. The van der Waals surface area contributed by atoms with Crippen molar-refractivity contribution in [3.63, 3.8) is 0 Å². The Bertz CT molecular complexity index is 1710. The fourth-order valence-corrected chi connectivity index (χ4v) is 5.67. The number of sulfonamides is 1. The van der Waals surface area contributed by atoms with Gasteiger partial charge in [-0.05, 0) is 30.7 Å². The molecule has 0 bridgehead atoms. The van der Waals surface area contributed by atoms with Crippen molar-refractivity contribution in [3.05, 3.63) is 89.5 Å². The zero-order valence-corrected chi connectivity index (χ0v) is 23.1. The number of aryl methyl sites for hydroxylation is 1. The average molecular weight is 603 g/mol. The van der Waals surface area contributed by atoms with Gasteiger partial charge in [-0.15, -0.1) is 0 Å². The van der Waals surface area contributed by atoms with E-state index < -0.39 is 50.8 Å². The molecule has 2 atom stereocenters. The average Bonchev–Trinajstić information content (AvgIpc) is 2.94. The van der Waals surface area contributed by atoms with Crippen LogP contribution in [0.5, 0.6) is 11.6 Å². The summed E-state index contributed by atoms with van der Waals surface area (Å²) in [5.74, 6) is -6.26. The van der Waals surface area contributed by atoms with E-state index in [-0.39, 0.29) is 42.1 Å². The molecule has 0 spiro atoms. The Balaban J connectivity index is 1.38. The topological polar surface area (TPSA) is 118 Å². The Morgan fingerprint density at radius 1 is 1.02 bits per heavy atom. The largest absolute Gasteiger partial charge is 0.435 e. The highest BCUT2D eigenvalue weighted by Crippen LogP contribution is 2.36. The summed E-state index contributed by atoms with van der Waals surface area (Å²) in [6.07, 6.45) is 2.04. The lowest BCUT2D eigenvalue weighted by atomic mass is 10.1. The van der Waals surface area contributed by atoms with Gasteiger partial charge in [0.1, 0.15) is 11.9 Å². The lowest BCUT2D eigenvalue weighted by Gasteiger charge is -2.26. The van der Waals surface area contributed by atoms with E-state index in [1.54, 1.807) is 48.0 Å². The van der Waals surface area contributed by atoms with E-state index in [0.717, 1.165) is 5.56 Å². The van der Waals surface area contributed by atoms with E-state index in [1.165, 1.54) is 18.5 Å². The van der Waals surface area contributed by atoms with E-state index in [4.69, 9.17) is 4.74 Å². The van der Waals surface area contributed by atoms with Crippen LogP contribution >= 0.6 is 0 Å². The van der Waals surface area contributed by atoms with Crippen molar-refractivity contribution in [3.8, 4) is 22.9 Å². The minimum Gasteiger partial charge on any atom is -0.435 e. The van der Waals surface area contributed by atoms with Gasteiger partial charge in [0.2, 0.25) is 27.7 Å². The number of aromatic nitrogens is 3. The van der Waals surface area contributed by atoms with Crippen LogP contribution in [0.25, 0.3) is 11.3 Å². The number of ether oxygens (including phenoxy) is 1. The number of benzene rings is 2. The Morgan fingerprint density at radius 3 is 2.64 bits per heavy atom. The van der Waals surface area contributed by atoms with Crippen LogP contribution in [0, 0.1) is 24.4 Å². The third-order valence-electron chi connectivity index (χ3n) is 6.36. The summed E-state index contributed by atoms with van der Waals surface area (Å²) in [5.41, 5.74) is 0.547. The standard InChI is InChI=1S/C28H26F4N6O3S/c1-16-4-2-5-17(10-16)15-42(39,40)38-26-21(30)12-23(24(31)25(26)32)41-27-20(6-3-8-34-27)22-7-9-35-28(37-22)36-19-11-18(29)13-33-14-19/h2-10,12,18-19,33,38H,11,13-15H2,1H3,(H,35,36,37)/t18-,19-/m0/s1. The molecule has 42 heavy (non-hydrogen) atoms. The molecule has 4 aromatic rings. The molecule has 1 saturated heterocycles. The molecular formula is C28H26F4N6O3S. The predicted molar refractivity (Wildman–Crippen MR) is 149 cm³/mol. The molecule has 5 rings (SSSR count). The molecule has 0 saturated carbocycles. The van der Waals surface area contributed by atoms with Gasteiger partial charge in [0.15, 0.2) is 17.4 Å². The first-order chi connectivity index (χ1) is 20.1. The maximum Gasteiger partial charge on any atom is 0.237 e. The van der Waals surface area contributed by atoms with Crippen molar-refractivity contribution in [1.29, 1.82) is 0 Å². The number of rotatable bonds is 9. The fraction of sp³-hybridized carbons (Fsp3) is 0.250. The molecule has 1 aliphatic heterocycles. The van der Waals surface area contributed by atoms with Crippen LogP contribution in [-0.4, -0.2) is 48.7 Å². The van der Waals surface area contributed by atoms with Gasteiger partial charge in [0.05, 0.1) is 17.0 Å². The summed E-state index contributed by atoms with van der Waals surface area (Å²) < 4.78 is 91.2. The quantitative estimate of drug-likeness (QED) is 0.179. The second-order valence-electron chi connectivity index (χ2n) is 9.77. The molecule has 220 valence electrons. The van der Waals surface area contributed by atoms with Crippen LogP contribution in [0.15, 0.2) is 60.9 Å². The zero-order valence-electron chi connectivity index (χ0n) is 22.2. The van der Waals surface area contributed by atoms with Gasteiger partial charge in [-0.25, -0.2) is 36.5 Å². The second kappa shape index (κ2) is 12.3. The van der Waals surface area contributed by atoms with Crippen LogP contribution < -0.4 is 20.1 Å². The first kappa shape index (κ1) is 29.2. The van der Waals surface area contributed by atoms with Gasteiger partial charge in [0.25, 0.3) is 0 Å². The summed E-state index contributed by atoms with van der Waals surface area (Å²) >= 11 is 0. The van der Waals surface area contributed by atoms with Crippen molar-refractivity contribution < 1.29 is 30.7 Å². The smallest absolute Gasteiger partial charge is 0.237 e. The molecule has 3 N–H and O–H groups in total. The summed E-state index contributed by atoms with van der Waals surface area (Å²) in [6.45, 7) is 2.55. The number of nitrogens with zero attached hydrogens (tertiary/aromatic N) is 3. The SMILES string of the molecule is Cc1cccc(CS(=O)(=O)Nc2c(F)cc(Oc3ncccc3-c3ccnc(N[C@@H]4CNC[C@@H](F)C4)n3)c(F)c2F)c1. The number of halogens is 4. The van der Waals surface area contributed by atoms with Crippen LogP contribution in [0.4, 0.5) is 29.2 Å². The minimum atomic E-state index is -4.29. The Kier molecular flexibility index (Phi) is 8.54. The summed E-state index contributed by atoms with van der Waals surface area (Å²) in [5, 5.41) is 6.03. The van der Waals surface area contributed by atoms with Gasteiger partial charge in [-0.3, -0.25) is 4.72 Å². The number of hydrogen-bond donors (Lipinski definition) is 3. The Labute approximate surface area is 239 Å². The van der Waals surface area contributed by atoms with Gasteiger partial charge in [-0.2, -0.15) is 4.39 Å². The number of hydrogen-bond acceptors (Lipinski definition) is 8. The molecule has 14 heteroatoms. The highest BCUT2D eigenvalue weighted by Gasteiger charge is 2.26. The first-order valence-electron chi connectivity index (χ1n) is 12.9. The molecule has 1 fully saturated rings. The second-order valence-corrected chi connectivity index (χ2v) is 11.5. The lowest BCUT2D eigenvalue weighted by molar-refractivity contribution is 0.254. The molecule has 0 radical (unpaired) electrons. The van der Waals surface area contributed by atoms with E-state index >= 15 is 4.39 Å². The number of piperidine rings is 1. The summed E-state index contributed by atoms with van der Waals surface area (Å²) in [6, 6.07) is 11.5. The van der Waals surface area contributed by atoms with Crippen molar-refractivity contribution in [1.82, 2.24) is 20.3 Å². The Hall–Kier alpha value is -4.30. The van der Waals surface area contributed by atoms with Crippen molar-refractivity contribution >= 4 is 21.7 Å². The minimum absolute atomic E-state index is 0.203. The van der Waals surface area contributed by atoms with Gasteiger partial charge < -0.3 is 15.4 Å². The lowest BCUT2D eigenvalue weighted by Crippen LogP contribution is -2.44. The van der Waals surface area contributed by atoms with E-state index in [2.05, 4.69) is 25.6 Å². The Morgan fingerprint density at radius 2 is 1.86 bits per heavy atom. The molecule has 9 nitrogen and oxygen atoms in total. The number of pyridine rings is 1. The highest BCUT2D eigenvalue weighted by atomic mass is 32.2. The van der Waals surface area contributed by atoms with Gasteiger partial charge in [0, 0.05) is 44.0 Å². The molecule has 0 unspecified atom stereocenters. The van der Waals surface area contributed by atoms with Crippen molar-refractivity contribution in [2.75, 3.05) is 23.1 Å². The molecule has 2 aromatic carbocycles. The third kappa shape index (κ3) is 6.94. The van der Waals surface area contributed by atoms with E-state index in [0.29, 0.717) is 18.2 Å². The fourth-order valence-electron chi connectivity index (χ4n) is 4.49. The molecule has 1 aliphatic rings. The predicted octanol–water partition coefficient (Wildman–Crippen LogP) is 5.11. The summed E-state index contributed by atoms with van der Waals surface area (Å²) in [7, 11) is -4.29. The van der Waals surface area contributed by atoms with E-state index in [9.17, 15) is 21.6 Å². The number of nitrogens with one attached hydrogen (secondary N) is 3. The van der Waals surface area contributed by atoms with Crippen LogP contribution in [0.2, 0.25) is 0 Å². The van der Waals surface area contributed by atoms with Crippen molar-refractivity contribution in [2.24, 2.45) is 0 Å². The number of alkyl halides is 1. The maximum atomic E-state index is 15.1. The van der Waals surface area contributed by atoms with Gasteiger partial charge in [-0.1, -0.05) is 29.8 Å². The molecule has 0 amide bonds. The molecule has 2 aromatic heterocycles. The van der Waals surface area contributed by atoms with Gasteiger partial charge >= 0.3 is 0 Å². The van der Waals surface area contributed by atoms with Crippen LogP contribution in [-0.2, 0) is 15.8 Å². The van der Waals surface area contributed by atoms with Crippen LogP contribution in [0.3, 0.4) is 0 Å². The monoisotopic (exact) mass is 602 g/mol. The third-order valence-corrected chi connectivity index (χ3v) is 7.59. The molecule has 3 heterocycles. The first-order valence-corrected chi connectivity index (χ1v) is 14.5.